The van der Waals surface area contributed by atoms with Gasteiger partial charge in [-0.1, -0.05) is 25.1 Å². The van der Waals surface area contributed by atoms with E-state index in [9.17, 15) is 4.79 Å². The first-order valence-corrected chi connectivity index (χ1v) is 10.1. The molecule has 2 aromatic rings. The Labute approximate surface area is 158 Å². The zero-order valence-corrected chi connectivity index (χ0v) is 15.9. The van der Waals surface area contributed by atoms with E-state index in [1.54, 1.807) is 0 Å². The maximum Gasteiger partial charge on any atom is 0.230 e. The molecular weight excluding hydrogens is 348 g/mol. The summed E-state index contributed by atoms with van der Waals surface area (Å²) in [5.74, 6) is 1.91. The second-order valence-electron chi connectivity index (χ2n) is 6.74. The molecule has 1 amide bonds. The number of rotatable bonds is 3. The van der Waals surface area contributed by atoms with Gasteiger partial charge in [0.05, 0.1) is 12.5 Å². The average molecular weight is 372 g/mol. The highest BCUT2D eigenvalue weighted by Crippen LogP contribution is 2.34. The number of anilines is 1. The van der Waals surface area contributed by atoms with Gasteiger partial charge in [0.15, 0.2) is 0 Å². The number of aromatic nitrogens is 2. The van der Waals surface area contributed by atoms with Crippen LogP contribution in [0.25, 0.3) is 0 Å². The van der Waals surface area contributed by atoms with E-state index in [1.807, 2.05) is 29.2 Å². The summed E-state index contributed by atoms with van der Waals surface area (Å²) in [6.45, 7) is 5.95. The normalized spacial score (nSPS) is 20.3. The zero-order valence-electron chi connectivity index (χ0n) is 15.1. The Bertz CT molecular complexity index is 778. The van der Waals surface area contributed by atoms with Gasteiger partial charge in [-0.2, -0.15) is 4.37 Å². The molecule has 138 valence electrons. The van der Waals surface area contributed by atoms with Crippen molar-refractivity contribution in [1.82, 2.24) is 14.3 Å². The van der Waals surface area contributed by atoms with Crippen molar-refractivity contribution in [2.45, 2.75) is 32.1 Å². The van der Waals surface area contributed by atoms with Crippen molar-refractivity contribution in [1.29, 1.82) is 0 Å². The average Bonchev–Trinajstić information content (AvgIpc) is 3.04. The number of amides is 1. The van der Waals surface area contributed by atoms with Gasteiger partial charge in [0.2, 0.25) is 11.0 Å². The second-order valence-corrected chi connectivity index (χ2v) is 7.47. The lowest BCUT2D eigenvalue weighted by Gasteiger charge is -2.30. The molecule has 6 nitrogen and oxygen atoms in total. The lowest BCUT2D eigenvalue weighted by molar-refractivity contribution is -0.133. The Morgan fingerprint density at radius 2 is 2.15 bits per heavy atom. The summed E-state index contributed by atoms with van der Waals surface area (Å²) in [5.41, 5.74) is 1.03. The second kappa shape index (κ2) is 7.61. The van der Waals surface area contributed by atoms with E-state index in [2.05, 4.69) is 21.2 Å². The number of hydrogen-bond donors (Lipinski definition) is 0. The Morgan fingerprint density at radius 1 is 1.27 bits per heavy atom. The lowest BCUT2D eigenvalue weighted by Crippen LogP contribution is -2.39. The maximum absolute atomic E-state index is 13.2. The van der Waals surface area contributed by atoms with Crippen LogP contribution >= 0.6 is 11.5 Å². The molecule has 4 rings (SSSR count). The van der Waals surface area contributed by atoms with Gasteiger partial charge in [-0.15, -0.1) is 0 Å². The lowest BCUT2D eigenvalue weighted by atomic mass is 9.91. The molecular formula is C19H24N4O2S. The monoisotopic (exact) mass is 372 g/mol. The summed E-state index contributed by atoms with van der Waals surface area (Å²) in [5, 5.41) is 0.979. The summed E-state index contributed by atoms with van der Waals surface area (Å²) in [6.07, 6.45) is 2.57. The molecule has 1 fully saturated rings. The van der Waals surface area contributed by atoms with E-state index in [0.717, 1.165) is 67.7 Å². The van der Waals surface area contributed by atoms with E-state index in [0.29, 0.717) is 6.61 Å². The molecule has 0 bridgehead atoms. The zero-order chi connectivity index (χ0) is 17.9. The van der Waals surface area contributed by atoms with Crippen LogP contribution in [0, 0.1) is 0 Å². The minimum absolute atomic E-state index is 0.0836. The molecule has 1 unspecified atom stereocenters. The van der Waals surface area contributed by atoms with Crippen molar-refractivity contribution >= 4 is 22.6 Å². The third kappa shape index (κ3) is 3.40. The number of ether oxygens (including phenoxy) is 1. The van der Waals surface area contributed by atoms with Gasteiger partial charge >= 0.3 is 0 Å². The summed E-state index contributed by atoms with van der Waals surface area (Å²) in [7, 11) is 0. The minimum Gasteiger partial charge on any atom is -0.493 e. The van der Waals surface area contributed by atoms with Crippen LogP contribution in [0.2, 0.25) is 0 Å². The van der Waals surface area contributed by atoms with Gasteiger partial charge in [-0.05, 0) is 18.9 Å². The Hall–Kier alpha value is -2.15. The third-order valence-corrected chi connectivity index (χ3v) is 5.92. The van der Waals surface area contributed by atoms with Crippen LogP contribution in [0.5, 0.6) is 5.75 Å². The molecule has 2 aliphatic heterocycles. The topological polar surface area (TPSA) is 58.6 Å². The van der Waals surface area contributed by atoms with Crippen LogP contribution < -0.4 is 9.64 Å². The van der Waals surface area contributed by atoms with Crippen LogP contribution in [0.15, 0.2) is 24.3 Å². The van der Waals surface area contributed by atoms with Gasteiger partial charge in [0, 0.05) is 49.7 Å². The number of nitrogens with zero attached hydrogens (tertiary/aromatic N) is 4. The molecule has 1 aromatic heterocycles. The first-order chi connectivity index (χ1) is 12.8. The number of fused-ring (bicyclic) bond motifs is 1. The molecule has 0 radical (unpaired) electrons. The quantitative estimate of drug-likeness (QED) is 0.829. The van der Waals surface area contributed by atoms with Crippen LogP contribution in [-0.4, -0.2) is 53.0 Å². The molecule has 26 heavy (non-hydrogen) atoms. The smallest absolute Gasteiger partial charge is 0.230 e. The minimum atomic E-state index is -0.0836. The Morgan fingerprint density at radius 3 is 3.00 bits per heavy atom. The molecule has 2 aliphatic rings. The third-order valence-electron chi connectivity index (χ3n) is 5.11. The van der Waals surface area contributed by atoms with Gasteiger partial charge < -0.3 is 14.5 Å². The van der Waals surface area contributed by atoms with Gasteiger partial charge in [-0.3, -0.25) is 4.79 Å². The number of carbonyl (C=O) groups excluding carboxylic acids is 1. The number of para-hydroxylation sites is 1. The largest absolute Gasteiger partial charge is 0.493 e. The molecule has 0 aliphatic carbocycles. The fraction of sp³-hybridized carbons (Fsp3) is 0.526. The maximum atomic E-state index is 13.2. The van der Waals surface area contributed by atoms with Crippen LogP contribution in [-0.2, 0) is 11.2 Å². The van der Waals surface area contributed by atoms with E-state index >= 15 is 0 Å². The molecule has 1 atom stereocenters. The number of carbonyl (C=O) groups is 1. The Kier molecular flexibility index (Phi) is 5.06. The highest BCUT2D eigenvalue weighted by molar-refractivity contribution is 7.09. The van der Waals surface area contributed by atoms with Crippen molar-refractivity contribution in [3.8, 4) is 5.75 Å². The number of aryl methyl sites for hydroxylation is 1. The van der Waals surface area contributed by atoms with Crippen molar-refractivity contribution in [2.24, 2.45) is 0 Å². The molecule has 1 saturated heterocycles. The fourth-order valence-electron chi connectivity index (χ4n) is 3.66. The first-order valence-electron chi connectivity index (χ1n) is 9.34. The van der Waals surface area contributed by atoms with Crippen molar-refractivity contribution in [3.05, 3.63) is 35.7 Å². The molecule has 0 N–H and O–H groups in total. The molecule has 0 spiro atoms. The molecule has 7 heteroatoms. The molecule has 3 heterocycles. The van der Waals surface area contributed by atoms with Crippen LogP contribution in [0.1, 0.15) is 37.1 Å². The summed E-state index contributed by atoms with van der Waals surface area (Å²) >= 11 is 1.46. The first kappa shape index (κ1) is 17.3. The highest BCUT2D eigenvalue weighted by Gasteiger charge is 2.32. The predicted octanol–water partition coefficient (Wildman–Crippen LogP) is 2.71. The number of benzene rings is 1. The van der Waals surface area contributed by atoms with E-state index in [1.165, 1.54) is 11.5 Å². The predicted molar refractivity (Wildman–Crippen MR) is 102 cm³/mol. The summed E-state index contributed by atoms with van der Waals surface area (Å²) in [4.78, 5) is 22.1. The number of hydrogen-bond acceptors (Lipinski definition) is 6. The van der Waals surface area contributed by atoms with Gasteiger partial charge in [0.1, 0.15) is 11.6 Å². The highest BCUT2D eigenvalue weighted by atomic mass is 32.1. The summed E-state index contributed by atoms with van der Waals surface area (Å²) < 4.78 is 10.1. The Balaban J connectivity index is 1.45. The fourth-order valence-corrected chi connectivity index (χ4v) is 4.47. The van der Waals surface area contributed by atoms with Crippen LogP contribution in [0.4, 0.5) is 5.13 Å². The van der Waals surface area contributed by atoms with Crippen molar-refractivity contribution in [2.75, 3.05) is 37.7 Å². The van der Waals surface area contributed by atoms with Crippen LogP contribution in [0.3, 0.4) is 0 Å². The summed E-state index contributed by atoms with van der Waals surface area (Å²) in [6, 6.07) is 7.93. The van der Waals surface area contributed by atoms with Crippen molar-refractivity contribution < 1.29 is 9.53 Å². The molecule has 0 saturated carbocycles. The van der Waals surface area contributed by atoms with E-state index < -0.39 is 0 Å². The van der Waals surface area contributed by atoms with Gasteiger partial charge in [-0.25, -0.2) is 4.98 Å². The van der Waals surface area contributed by atoms with Crippen molar-refractivity contribution in [3.63, 3.8) is 0 Å². The molecule has 1 aromatic carbocycles. The SMILES string of the molecule is CCc1nsc(N2CCCN(C(=O)C3CCOc4ccccc43)CC2)n1. The van der Waals surface area contributed by atoms with E-state index in [4.69, 9.17) is 4.74 Å². The standard InChI is InChI=1S/C19H24N4O2S/c1-2-17-20-19(26-21-17)23-10-5-9-22(11-12-23)18(24)15-8-13-25-16-7-4-3-6-14(15)16/h3-4,6-7,15H,2,5,8-13H2,1H3. The van der Waals surface area contributed by atoms with E-state index in [-0.39, 0.29) is 11.8 Å². The van der Waals surface area contributed by atoms with Gasteiger partial charge in [0.25, 0.3) is 0 Å².